The van der Waals surface area contributed by atoms with E-state index in [4.69, 9.17) is 5.73 Å². The normalized spacial score (nSPS) is 16.0. The van der Waals surface area contributed by atoms with Crippen LogP contribution in [0, 0.1) is 5.92 Å². The van der Waals surface area contributed by atoms with Gasteiger partial charge in [0.1, 0.15) is 0 Å². The molecule has 0 aromatic heterocycles. The van der Waals surface area contributed by atoms with Gasteiger partial charge in [0.2, 0.25) is 11.8 Å². The number of piperidine rings is 1. The molecule has 0 aromatic carbocycles. The molecule has 5 nitrogen and oxygen atoms in total. The number of amides is 2. The van der Waals surface area contributed by atoms with Gasteiger partial charge in [-0.1, -0.05) is 19.8 Å². The van der Waals surface area contributed by atoms with E-state index in [2.05, 4.69) is 12.2 Å². The van der Waals surface area contributed by atoms with Crippen molar-refractivity contribution in [3.05, 3.63) is 0 Å². The fourth-order valence-corrected chi connectivity index (χ4v) is 2.68. The second-order valence-electron chi connectivity index (χ2n) is 5.90. The van der Waals surface area contributed by atoms with Crippen molar-refractivity contribution >= 4 is 11.8 Å². The third kappa shape index (κ3) is 6.93. The van der Waals surface area contributed by atoms with Crippen molar-refractivity contribution in [2.24, 2.45) is 11.7 Å². The molecule has 0 bridgehead atoms. The Morgan fingerprint density at radius 2 is 1.86 bits per heavy atom. The third-order valence-corrected chi connectivity index (χ3v) is 4.14. The van der Waals surface area contributed by atoms with Gasteiger partial charge < -0.3 is 16.0 Å². The minimum Gasteiger partial charge on any atom is -0.356 e. The molecule has 2 amide bonds. The number of carbonyl (C=O) groups is 2. The van der Waals surface area contributed by atoms with Crippen molar-refractivity contribution in [3.63, 3.8) is 0 Å². The molecule has 1 aliphatic rings. The standard InChI is InChI=1S/C16H31N3O2/c1-2-3-11-18-16(21)14-8-12-19(13-9-14)15(20)7-5-4-6-10-17/h14H,2-13,17H2,1H3,(H,18,21). The first kappa shape index (κ1) is 18.0. The minimum atomic E-state index is 0.0862. The van der Waals surface area contributed by atoms with Gasteiger partial charge in [0.05, 0.1) is 0 Å². The average Bonchev–Trinajstić information content (AvgIpc) is 2.51. The molecule has 0 aliphatic carbocycles. The van der Waals surface area contributed by atoms with Crippen molar-refractivity contribution in [1.82, 2.24) is 10.2 Å². The summed E-state index contributed by atoms with van der Waals surface area (Å²) < 4.78 is 0. The molecule has 1 rings (SSSR count). The van der Waals surface area contributed by atoms with E-state index in [0.29, 0.717) is 13.0 Å². The van der Waals surface area contributed by atoms with E-state index in [-0.39, 0.29) is 17.7 Å². The highest BCUT2D eigenvalue weighted by Gasteiger charge is 2.26. The molecule has 1 aliphatic heterocycles. The summed E-state index contributed by atoms with van der Waals surface area (Å²) in [6.45, 7) is 5.04. The number of hydrogen-bond acceptors (Lipinski definition) is 3. The summed E-state index contributed by atoms with van der Waals surface area (Å²) in [4.78, 5) is 25.9. The summed E-state index contributed by atoms with van der Waals surface area (Å²) >= 11 is 0. The molecular formula is C16H31N3O2. The monoisotopic (exact) mass is 297 g/mol. The highest BCUT2D eigenvalue weighted by molar-refractivity contribution is 5.80. The van der Waals surface area contributed by atoms with Gasteiger partial charge in [0, 0.05) is 32.0 Å². The molecular weight excluding hydrogens is 266 g/mol. The SMILES string of the molecule is CCCCNC(=O)C1CCN(C(=O)CCCCCN)CC1. The number of unbranched alkanes of at least 4 members (excludes halogenated alkanes) is 3. The second kappa shape index (κ2) is 10.6. The first-order valence-electron chi connectivity index (χ1n) is 8.44. The van der Waals surface area contributed by atoms with Crippen LogP contribution >= 0.6 is 0 Å². The molecule has 0 saturated carbocycles. The van der Waals surface area contributed by atoms with E-state index in [0.717, 1.165) is 64.6 Å². The van der Waals surface area contributed by atoms with Gasteiger partial charge in [-0.15, -0.1) is 0 Å². The first-order valence-corrected chi connectivity index (χ1v) is 8.44. The second-order valence-corrected chi connectivity index (χ2v) is 5.90. The molecule has 0 atom stereocenters. The van der Waals surface area contributed by atoms with Crippen molar-refractivity contribution < 1.29 is 9.59 Å². The maximum absolute atomic E-state index is 12.0. The van der Waals surface area contributed by atoms with Crippen molar-refractivity contribution in [2.45, 2.75) is 58.3 Å². The zero-order valence-electron chi connectivity index (χ0n) is 13.4. The van der Waals surface area contributed by atoms with Crippen LogP contribution in [0.15, 0.2) is 0 Å². The van der Waals surface area contributed by atoms with Gasteiger partial charge in [-0.25, -0.2) is 0 Å². The molecule has 5 heteroatoms. The van der Waals surface area contributed by atoms with Gasteiger partial charge in [-0.3, -0.25) is 9.59 Å². The van der Waals surface area contributed by atoms with E-state index >= 15 is 0 Å². The number of rotatable bonds is 9. The molecule has 0 spiro atoms. The lowest BCUT2D eigenvalue weighted by atomic mass is 9.95. The Hall–Kier alpha value is -1.10. The highest BCUT2D eigenvalue weighted by Crippen LogP contribution is 2.18. The van der Waals surface area contributed by atoms with E-state index in [1.54, 1.807) is 0 Å². The summed E-state index contributed by atoms with van der Waals surface area (Å²) in [5.41, 5.74) is 5.44. The highest BCUT2D eigenvalue weighted by atomic mass is 16.2. The summed E-state index contributed by atoms with van der Waals surface area (Å²) in [7, 11) is 0. The van der Waals surface area contributed by atoms with Gasteiger partial charge >= 0.3 is 0 Å². The Morgan fingerprint density at radius 3 is 2.48 bits per heavy atom. The number of nitrogens with two attached hydrogens (primary N) is 1. The number of carbonyl (C=O) groups excluding carboxylic acids is 2. The van der Waals surface area contributed by atoms with Crippen LogP contribution in [0.25, 0.3) is 0 Å². The van der Waals surface area contributed by atoms with Crippen LogP contribution in [-0.4, -0.2) is 42.9 Å². The first-order chi connectivity index (χ1) is 10.2. The van der Waals surface area contributed by atoms with Gasteiger partial charge in [0.25, 0.3) is 0 Å². The van der Waals surface area contributed by atoms with Crippen LogP contribution in [0.1, 0.15) is 58.3 Å². The van der Waals surface area contributed by atoms with Crippen LogP contribution in [0.2, 0.25) is 0 Å². The van der Waals surface area contributed by atoms with Crippen LogP contribution in [0.4, 0.5) is 0 Å². The Balaban J connectivity index is 2.18. The molecule has 122 valence electrons. The number of nitrogens with zero attached hydrogens (tertiary/aromatic N) is 1. The zero-order chi connectivity index (χ0) is 15.5. The van der Waals surface area contributed by atoms with E-state index in [1.807, 2.05) is 4.90 Å². The predicted molar refractivity (Wildman–Crippen MR) is 84.7 cm³/mol. The molecule has 1 fully saturated rings. The number of likely N-dealkylation sites (tertiary alicyclic amines) is 1. The molecule has 1 heterocycles. The third-order valence-electron chi connectivity index (χ3n) is 4.14. The smallest absolute Gasteiger partial charge is 0.223 e. The maximum Gasteiger partial charge on any atom is 0.223 e. The molecule has 1 saturated heterocycles. The Morgan fingerprint density at radius 1 is 1.14 bits per heavy atom. The minimum absolute atomic E-state index is 0.0862. The van der Waals surface area contributed by atoms with Crippen LogP contribution in [0.3, 0.4) is 0 Å². The van der Waals surface area contributed by atoms with Crippen molar-refractivity contribution in [3.8, 4) is 0 Å². The largest absolute Gasteiger partial charge is 0.356 e. The summed E-state index contributed by atoms with van der Waals surface area (Å²) in [6.07, 6.45) is 7.29. The summed E-state index contributed by atoms with van der Waals surface area (Å²) in [5.74, 6) is 0.485. The fourth-order valence-electron chi connectivity index (χ4n) is 2.68. The van der Waals surface area contributed by atoms with Gasteiger partial charge in [-0.2, -0.15) is 0 Å². The summed E-state index contributed by atoms with van der Waals surface area (Å²) in [5, 5.41) is 2.99. The predicted octanol–water partition coefficient (Wildman–Crippen LogP) is 1.66. The van der Waals surface area contributed by atoms with E-state index in [9.17, 15) is 9.59 Å². The van der Waals surface area contributed by atoms with Crippen molar-refractivity contribution in [1.29, 1.82) is 0 Å². The zero-order valence-corrected chi connectivity index (χ0v) is 13.4. The number of hydrogen-bond donors (Lipinski definition) is 2. The molecule has 3 N–H and O–H groups in total. The fraction of sp³-hybridized carbons (Fsp3) is 0.875. The quantitative estimate of drug-likeness (QED) is 0.636. The maximum atomic E-state index is 12.0. The number of nitrogens with one attached hydrogen (secondary N) is 1. The Labute approximate surface area is 128 Å². The van der Waals surface area contributed by atoms with Crippen LogP contribution < -0.4 is 11.1 Å². The lowest BCUT2D eigenvalue weighted by molar-refractivity contribution is -0.135. The molecule has 0 radical (unpaired) electrons. The molecule has 0 aromatic rings. The topological polar surface area (TPSA) is 75.4 Å². The molecule has 21 heavy (non-hydrogen) atoms. The van der Waals surface area contributed by atoms with Crippen LogP contribution in [0.5, 0.6) is 0 Å². The molecule has 0 unspecified atom stereocenters. The van der Waals surface area contributed by atoms with Gasteiger partial charge in [0.15, 0.2) is 0 Å². The van der Waals surface area contributed by atoms with Gasteiger partial charge in [-0.05, 0) is 38.6 Å². The van der Waals surface area contributed by atoms with E-state index in [1.165, 1.54) is 0 Å². The lowest BCUT2D eigenvalue weighted by Crippen LogP contribution is -2.43. The Kier molecular flexibility index (Phi) is 9.06. The van der Waals surface area contributed by atoms with E-state index < -0.39 is 0 Å². The average molecular weight is 297 g/mol. The Bertz CT molecular complexity index is 313. The summed E-state index contributed by atoms with van der Waals surface area (Å²) in [6, 6.07) is 0. The van der Waals surface area contributed by atoms with Crippen molar-refractivity contribution in [2.75, 3.05) is 26.2 Å². The van der Waals surface area contributed by atoms with Crippen LogP contribution in [-0.2, 0) is 9.59 Å². The lowest BCUT2D eigenvalue weighted by Gasteiger charge is -2.31.